The topological polar surface area (TPSA) is 66.8 Å². The lowest BCUT2D eigenvalue weighted by molar-refractivity contribution is -0.144. The van der Waals surface area contributed by atoms with Crippen molar-refractivity contribution in [1.82, 2.24) is 4.90 Å². The van der Waals surface area contributed by atoms with Crippen LogP contribution in [0.1, 0.15) is 54.5 Å². The van der Waals surface area contributed by atoms with Crippen molar-refractivity contribution in [2.24, 2.45) is 0 Å². The third-order valence-electron chi connectivity index (χ3n) is 6.70. The number of aliphatic carboxylic acids is 1. The molecule has 0 radical (unpaired) electrons. The zero-order valence-corrected chi connectivity index (χ0v) is 21.3. The van der Waals surface area contributed by atoms with Gasteiger partial charge in [0.1, 0.15) is 17.9 Å². The van der Waals surface area contributed by atoms with Gasteiger partial charge in [-0.1, -0.05) is 62.4 Å². The van der Waals surface area contributed by atoms with Crippen molar-refractivity contribution in [2.75, 3.05) is 6.54 Å². The van der Waals surface area contributed by atoms with Crippen LogP contribution in [0.2, 0.25) is 0 Å². The van der Waals surface area contributed by atoms with Gasteiger partial charge in [-0.05, 0) is 47.2 Å². The molecule has 1 N–H and O–H groups in total. The molecule has 0 aliphatic carbocycles. The van der Waals surface area contributed by atoms with E-state index in [0.717, 1.165) is 28.7 Å². The number of benzene rings is 3. The van der Waals surface area contributed by atoms with Crippen molar-refractivity contribution in [3.8, 4) is 5.75 Å². The van der Waals surface area contributed by atoms with Gasteiger partial charge in [-0.25, -0.2) is 8.78 Å². The average Bonchev–Trinajstić information content (AvgIpc) is 3.16. The molecule has 37 heavy (non-hydrogen) atoms. The second kappa shape index (κ2) is 10.7. The van der Waals surface area contributed by atoms with Crippen LogP contribution in [0.4, 0.5) is 8.78 Å². The Morgan fingerprint density at radius 3 is 2.43 bits per heavy atom. The molecule has 1 aliphatic rings. The standard InChI is InChI=1S/C30H31F2NO4/c1-19(2)22-10-7-20(8-11-22)15-30(3)16-24-13-21(9-12-26(24)37-30)14-27(34)33(18-28(35)36)17-23-5-4-6-25(31)29(23)32/h4-13,19H,14-18H2,1-3H3,(H,35,36). The molecular weight excluding hydrogens is 476 g/mol. The van der Waals surface area contributed by atoms with Gasteiger partial charge in [0.25, 0.3) is 0 Å². The number of carboxylic acids is 1. The minimum absolute atomic E-state index is 0.0646. The first-order valence-electron chi connectivity index (χ1n) is 12.3. The predicted molar refractivity (Wildman–Crippen MR) is 137 cm³/mol. The fourth-order valence-corrected chi connectivity index (χ4v) is 4.79. The van der Waals surface area contributed by atoms with E-state index in [1.807, 2.05) is 12.1 Å². The summed E-state index contributed by atoms with van der Waals surface area (Å²) in [6.45, 7) is 5.44. The summed E-state index contributed by atoms with van der Waals surface area (Å²) in [5.41, 5.74) is 3.66. The Balaban J connectivity index is 1.45. The van der Waals surface area contributed by atoms with Gasteiger partial charge >= 0.3 is 5.97 Å². The maximum Gasteiger partial charge on any atom is 0.323 e. The molecule has 0 saturated carbocycles. The number of carboxylic acid groups (broad SMARTS) is 1. The molecule has 3 aromatic carbocycles. The Morgan fingerprint density at radius 2 is 1.76 bits per heavy atom. The number of halogens is 2. The predicted octanol–water partition coefficient (Wildman–Crippen LogP) is 5.68. The first kappa shape index (κ1) is 26.3. The summed E-state index contributed by atoms with van der Waals surface area (Å²) in [7, 11) is 0. The van der Waals surface area contributed by atoms with E-state index in [4.69, 9.17) is 4.74 Å². The third kappa shape index (κ3) is 6.34. The van der Waals surface area contributed by atoms with E-state index < -0.39 is 35.7 Å². The number of nitrogens with zero attached hydrogens (tertiary/aromatic N) is 1. The smallest absolute Gasteiger partial charge is 0.323 e. The number of hydrogen-bond acceptors (Lipinski definition) is 3. The molecule has 4 rings (SSSR count). The fraction of sp³-hybridized carbons (Fsp3) is 0.333. The number of fused-ring (bicyclic) bond motifs is 1. The Hall–Kier alpha value is -3.74. The Bertz CT molecular complexity index is 1310. The van der Waals surface area contributed by atoms with Gasteiger partial charge in [-0.15, -0.1) is 0 Å². The molecule has 0 aromatic heterocycles. The van der Waals surface area contributed by atoms with Gasteiger partial charge in [0.05, 0.1) is 6.42 Å². The quantitative estimate of drug-likeness (QED) is 0.405. The number of amides is 1. The Morgan fingerprint density at radius 1 is 1.05 bits per heavy atom. The molecule has 1 heterocycles. The van der Waals surface area contributed by atoms with Gasteiger partial charge in [0.2, 0.25) is 5.91 Å². The van der Waals surface area contributed by atoms with Crippen LogP contribution in [0.3, 0.4) is 0 Å². The number of hydrogen-bond donors (Lipinski definition) is 1. The van der Waals surface area contributed by atoms with E-state index in [1.165, 1.54) is 23.3 Å². The number of rotatable bonds is 9. The van der Waals surface area contributed by atoms with Gasteiger partial charge in [0.15, 0.2) is 11.6 Å². The minimum atomic E-state index is -1.23. The largest absolute Gasteiger partial charge is 0.487 e. The van der Waals surface area contributed by atoms with E-state index in [1.54, 1.807) is 6.07 Å². The zero-order chi connectivity index (χ0) is 26.7. The van der Waals surface area contributed by atoms with Gasteiger partial charge in [-0.2, -0.15) is 0 Å². The van der Waals surface area contributed by atoms with Crippen molar-refractivity contribution >= 4 is 11.9 Å². The molecule has 0 bridgehead atoms. The molecule has 3 aromatic rings. The highest BCUT2D eigenvalue weighted by Gasteiger charge is 2.35. The van der Waals surface area contributed by atoms with Crippen molar-refractivity contribution < 1.29 is 28.2 Å². The Kier molecular flexibility index (Phi) is 7.62. The summed E-state index contributed by atoms with van der Waals surface area (Å²) in [5.74, 6) is -2.61. The van der Waals surface area contributed by atoms with Crippen LogP contribution in [0, 0.1) is 11.6 Å². The van der Waals surface area contributed by atoms with E-state index >= 15 is 0 Å². The molecule has 0 spiro atoms. The van der Waals surface area contributed by atoms with Crippen LogP contribution in [-0.4, -0.2) is 34.0 Å². The summed E-state index contributed by atoms with van der Waals surface area (Å²) < 4.78 is 34.0. The minimum Gasteiger partial charge on any atom is -0.487 e. The summed E-state index contributed by atoms with van der Waals surface area (Å²) in [6, 6.07) is 17.7. The second-order valence-electron chi connectivity index (χ2n) is 10.3. The summed E-state index contributed by atoms with van der Waals surface area (Å²) in [6.07, 6.45) is 1.34. The van der Waals surface area contributed by atoms with Gasteiger partial charge in [-0.3, -0.25) is 9.59 Å². The molecule has 1 aliphatic heterocycles. The highest BCUT2D eigenvalue weighted by atomic mass is 19.2. The summed E-state index contributed by atoms with van der Waals surface area (Å²) in [4.78, 5) is 25.4. The number of ether oxygens (including phenoxy) is 1. The molecule has 1 atom stereocenters. The summed E-state index contributed by atoms with van der Waals surface area (Å²) in [5, 5.41) is 9.27. The first-order chi connectivity index (χ1) is 17.5. The lowest BCUT2D eigenvalue weighted by Gasteiger charge is -2.24. The fourth-order valence-electron chi connectivity index (χ4n) is 4.79. The SMILES string of the molecule is CC(C)c1ccc(CC2(C)Cc3cc(CC(=O)N(CC(=O)O)Cc4cccc(F)c4F)ccc3O2)cc1. The molecule has 1 amide bonds. The molecule has 5 nitrogen and oxygen atoms in total. The zero-order valence-electron chi connectivity index (χ0n) is 21.3. The van der Waals surface area contributed by atoms with Crippen LogP contribution >= 0.6 is 0 Å². The lowest BCUT2D eigenvalue weighted by atomic mass is 9.90. The molecular formula is C30H31F2NO4. The van der Waals surface area contributed by atoms with Crippen molar-refractivity contribution in [1.29, 1.82) is 0 Å². The molecule has 1 unspecified atom stereocenters. The maximum atomic E-state index is 14.1. The highest BCUT2D eigenvalue weighted by Crippen LogP contribution is 2.37. The van der Waals surface area contributed by atoms with Crippen molar-refractivity contribution in [3.63, 3.8) is 0 Å². The monoisotopic (exact) mass is 507 g/mol. The van der Waals surface area contributed by atoms with Gasteiger partial charge < -0.3 is 14.7 Å². The molecule has 7 heteroatoms. The van der Waals surface area contributed by atoms with Crippen molar-refractivity contribution in [2.45, 2.75) is 58.1 Å². The number of carbonyl (C=O) groups is 2. The highest BCUT2D eigenvalue weighted by molar-refractivity contribution is 5.83. The third-order valence-corrected chi connectivity index (χ3v) is 6.70. The van der Waals surface area contributed by atoms with Crippen LogP contribution in [-0.2, 0) is 35.4 Å². The van der Waals surface area contributed by atoms with Crippen LogP contribution in [0.25, 0.3) is 0 Å². The van der Waals surface area contributed by atoms with Crippen LogP contribution < -0.4 is 4.74 Å². The number of carbonyl (C=O) groups excluding carboxylic acids is 1. The van der Waals surface area contributed by atoms with Crippen molar-refractivity contribution in [3.05, 3.63) is 100 Å². The van der Waals surface area contributed by atoms with Crippen LogP contribution in [0.5, 0.6) is 5.75 Å². The normalized spacial score (nSPS) is 16.4. The molecule has 0 saturated heterocycles. The molecule has 194 valence electrons. The van der Waals surface area contributed by atoms with Gasteiger partial charge in [0, 0.05) is 24.9 Å². The van der Waals surface area contributed by atoms with E-state index in [-0.39, 0.29) is 18.5 Å². The average molecular weight is 508 g/mol. The second-order valence-corrected chi connectivity index (χ2v) is 10.3. The molecule has 0 fully saturated rings. The van der Waals surface area contributed by atoms with E-state index in [2.05, 4.69) is 45.0 Å². The Labute approximate surface area is 215 Å². The summed E-state index contributed by atoms with van der Waals surface area (Å²) >= 11 is 0. The first-order valence-corrected chi connectivity index (χ1v) is 12.3. The van der Waals surface area contributed by atoms with E-state index in [0.29, 0.717) is 17.9 Å². The lowest BCUT2D eigenvalue weighted by Crippen LogP contribution is -2.36. The van der Waals surface area contributed by atoms with E-state index in [9.17, 15) is 23.5 Å². The maximum absolute atomic E-state index is 14.1. The van der Waals surface area contributed by atoms with Crippen LogP contribution in [0.15, 0.2) is 60.7 Å².